The van der Waals surface area contributed by atoms with Gasteiger partial charge in [0.1, 0.15) is 0 Å². The molecule has 4 N–H and O–H groups in total. The molecule has 5 nitrogen and oxygen atoms in total. The van der Waals surface area contributed by atoms with Crippen LogP contribution in [0.2, 0.25) is 0 Å². The molecule has 0 saturated heterocycles. The van der Waals surface area contributed by atoms with Gasteiger partial charge in [-0.1, -0.05) is 64.5 Å². The lowest BCUT2D eigenvalue weighted by Crippen LogP contribution is -2.03. The molecule has 0 fully saturated rings. The molecule has 0 saturated carbocycles. The molecule has 0 unspecified atom stereocenters. The van der Waals surface area contributed by atoms with Crippen LogP contribution in [0.5, 0.6) is 0 Å². The van der Waals surface area contributed by atoms with E-state index < -0.39 is 11.9 Å². The minimum absolute atomic E-state index is 0.126. The average Bonchev–Trinajstić information content (AvgIpc) is 2.71. The van der Waals surface area contributed by atoms with Crippen molar-refractivity contribution in [1.82, 2.24) is 0 Å². The number of anilines is 1. The molecule has 0 atom stereocenters. The Balaban J connectivity index is 0.000000166. The fourth-order valence-corrected chi connectivity index (χ4v) is 4.07. The molecule has 0 aliphatic rings. The summed E-state index contributed by atoms with van der Waals surface area (Å²) >= 11 is 6.66. The van der Waals surface area contributed by atoms with E-state index in [0.29, 0.717) is 10.0 Å². The van der Waals surface area contributed by atoms with Crippen molar-refractivity contribution in [3.8, 4) is 0 Å². The summed E-state index contributed by atoms with van der Waals surface area (Å²) in [5.41, 5.74) is 6.41. The Morgan fingerprint density at radius 2 is 1.31 bits per heavy atom. The zero-order chi connectivity index (χ0) is 21.1. The van der Waals surface area contributed by atoms with Gasteiger partial charge in [0, 0.05) is 8.95 Å². The van der Waals surface area contributed by atoms with E-state index in [1.54, 1.807) is 18.2 Å². The molecule has 7 heteroatoms. The molecule has 0 amide bonds. The van der Waals surface area contributed by atoms with Crippen LogP contribution < -0.4 is 5.73 Å². The Morgan fingerprint density at radius 1 is 0.759 bits per heavy atom. The van der Waals surface area contributed by atoms with E-state index in [1.165, 1.54) is 0 Å². The number of hydrogen-bond acceptors (Lipinski definition) is 3. The summed E-state index contributed by atoms with van der Waals surface area (Å²) in [4.78, 5) is 21.7. The highest BCUT2D eigenvalue weighted by atomic mass is 79.9. The molecule has 0 aliphatic heterocycles. The van der Waals surface area contributed by atoms with Crippen molar-refractivity contribution < 1.29 is 19.8 Å². The predicted molar refractivity (Wildman–Crippen MR) is 122 cm³/mol. The summed E-state index contributed by atoms with van der Waals surface area (Å²) in [5.74, 6) is -1.92. The monoisotopic (exact) mass is 515 g/mol. The van der Waals surface area contributed by atoms with Gasteiger partial charge in [-0.25, -0.2) is 9.59 Å². The highest BCUT2D eigenvalue weighted by Gasteiger charge is 2.13. The number of rotatable bonds is 2. The number of halogens is 2. The zero-order valence-electron chi connectivity index (χ0n) is 14.9. The van der Waals surface area contributed by atoms with Crippen LogP contribution in [-0.4, -0.2) is 22.2 Å². The normalized spacial score (nSPS) is 10.4. The molecule has 0 aliphatic carbocycles. The first kappa shape index (κ1) is 20.8. The maximum absolute atomic E-state index is 10.9. The van der Waals surface area contributed by atoms with Gasteiger partial charge in [-0.2, -0.15) is 0 Å². The quantitative estimate of drug-likeness (QED) is 0.276. The van der Waals surface area contributed by atoms with Crippen LogP contribution in [-0.2, 0) is 0 Å². The van der Waals surface area contributed by atoms with Gasteiger partial charge in [0.05, 0.1) is 16.8 Å². The number of nitrogen functional groups attached to an aromatic ring is 1. The minimum Gasteiger partial charge on any atom is -0.478 e. The fraction of sp³-hybridized carbons (Fsp3) is 0. The van der Waals surface area contributed by atoms with Gasteiger partial charge in [0.15, 0.2) is 0 Å². The van der Waals surface area contributed by atoms with Gasteiger partial charge in [0.2, 0.25) is 0 Å². The van der Waals surface area contributed by atoms with Crippen LogP contribution in [0.1, 0.15) is 20.7 Å². The Labute approximate surface area is 183 Å². The van der Waals surface area contributed by atoms with E-state index >= 15 is 0 Å². The third kappa shape index (κ3) is 4.41. The lowest BCUT2D eigenvalue weighted by Gasteiger charge is -2.07. The number of carboxylic acids is 2. The maximum Gasteiger partial charge on any atom is 0.337 e. The van der Waals surface area contributed by atoms with Crippen molar-refractivity contribution in [2.24, 2.45) is 0 Å². The number of carboxylic acid groups (broad SMARTS) is 2. The first-order valence-electron chi connectivity index (χ1n) is 8.41. The van der Waals surface area contributed by atoms with Crippen LogP contribution in [0.3, 0.4) is 0 Å². The molecule has 0 bridgehead atoms. The van der Waals surface area contributed by atoms with E-state index in [0.717, 1.165) is 26.0 Å². The summed E-state index contributed by atoms with van der Waals surface area (Å²) in [6.07, 6.45) is 0. The van der Waals surface area contributed by atoms with Crippen molar-refractivity contribution in [3.05, 3.63) is 86.8 Å². The molecule has 0 spiro atoms. The van der Waals surface area contributed by atoms with Gasteiger partial charge < -0.3 is 15.9 Å². The molecule has 4 rings (SSSR count). The van der Waals surface area contributed by atoms with Crippen LogP contribution in [0.4, 0.5) is 5.69 Å². The van der Waals surface area contributed by atoms with E-state index in [2.05, 4.69) is 31.9 Å². The summed E-state index contributed by atoms with van der Waals surface area (Å²) < 4.78 is 1.45. The Kier molecular flexibility index (Phi) is 6.20. The predicted octanol–water partition coefficient (Wildman–Crippen LogP) is 6.18. The molecule has 146 valence electrons. The number of benzene rings is 4. The smallest absolute Gasteiger partial charge is 0.337 e. The molecule has 0 heterocycles. The van der Waals surface area contributed by atoms with Crippen molar-refractivity contribution in [2.75, 3.05) is 5.73 Å². The van der Waals surface area contributed by atoms with Gasteiger partial charge in [-0.15, -0.1) is 0 Å². The molecular weight excluding hydrogens is 502 g/mol. The second kappa shape index (κ2) is 8.63. The van der Waals surface area contributed by atoms with Gasteiger partial charge in [-0.05, 0) is 55.7 Å². The molecule has 0 aromatic heterocycles. The molecule has 4 aromatic rings. The van der Waals surface area contributed by atoms with Crippen molar-refractivity contribution in [2.45, 2.75) is 0 Å². The first-order valence-corrected chi connectivity index (χ1v) is 9.99. The number of carbonyl (C=O) groups is 2. The minimum atomic E-state index is -1.01. The van der Waals surface area contributed by atoms with Crippen LogP contribution in [0, 0.1) is 0 Å². The summed E-state index contributed by atoms with van der Waals surface area (Å²) in [6, 6.07) is 20.0. The number of nitrogens with two attached hydrogens (primary N) is 1. The van der Waals surface area contributed by atoms with Crippen LogP contribution in [0.15, 0.2) is 75.7 Å². The maximum atomic E-state index is 10.9. The third-order valence-corrected chi connectivity index (χ3v) is 5.82. The lowest BCUT2D eigenvalue weighted by molar-refractivity contribution is 0.0686. The summed E-state index contributed by atoms with van der Waals surface area (Å²) in [6.45, 7) is 0. The van der Waals surface area contributed by atoms with Crippen LogP contribution in [0.25, 0.3) is 21.5 Å². The highest BCUT2D eigenvalue weighted by Crippen LogP contribution is 2.32. The van der Waals surface area contributed by atoms with E-state index in [9.17, 15) is 9.59 Å². The Morgan fingerprint density at radius 3 is 1.90 bits per heavy atom. The number of fused-ring (bicyclic) bond motifs is 2. The summed E-state index contributed by atoms with van der Waals surface area (Å²) in [7, 11) is 0. The second-order valence-corrected chi connectivity index (χ2v) is 7.81. The summed E-state index contributed by atoms with van der Waals surface area (Å²) in [5, 5.41) is 21.5. The lowest BCUT2D eigenvalue weighted by atomic mass is 10.1. The van der Waals surface area contributed by atoms with E-state index in [4.69, 9.17) is 15.9 Å². The van der Waals surface area contributed by atoms with Crippen LogP contribution >= 0.6 is 31.9 Å². The van der Waals surface area contributed by atoms with E-state index in [-0.39, 0.29) is 11.3 Å². The first-order chi connectivity index (χ1) is 13.8. The van der Waals surface area contributed by atoms with Crippen molar-refractivity contribution in [1.29, 1.82) is 0 Å². The Bertz CT molecular complexity index is 1250. The number of aromatic carboxylic acids is 2. The SMILES string of the molecule is Nc1c(C(=O)O)cc2ccccc2c1Br.O=C(O)c1cc(Br)c2ccccc2c1. The molecular formula is C22H15Br2NO4. The van der Waals surface area contributed by atoms with Gasteiger partial charge in [-0.3, -0.25) is 0 Å². The largest absolute Gasteiger partial charge is 0.478 e. The molecule has 0 radical (unpaired) electrons. The zero-order valence-corrected chi connectivity index (χ0v) is 18.1. The topological polar surface area (TPSA) is 101 Å². The van der Waals surface area contributed by atoms with Gasteiger partial charge >= 0.3 is 11.9 Å². The van der Waals surface area contributed by atoms with Gasteiger partial charge in [0.25, 0.3) is 0 Å². The third-order valence-electron chi connectivity index (χ3n) is 4.31. The Hall–Kier alpha value is -2.90. The van der Waals surface area contributed by atoms with Crippen molar-refractivity contribution in [3.63, 3.8) is 0 Å². The average molecular weight is 517 g/mol. The highest BCUT2D eigenvalue weighted by molar-refractivity contribution is 9.11. The number of hydrogen-bond donors (Lipinski definition) is 3. The standard InChI is InChI=1S/C11H8BrNO2.C11H7BrO2/c12-9-7-4-2-1-3-6(7)5-8(10(9)13)11(14)15;12-10-6-8(11(13)14)5-7-3-1-2-4-9(7)10/h1-5H,13H2,(H,14,15);1-6H,(H,13,14). The second-order valence-electron chi connectivity index (χ2n) is 6.16. The fourth-order valence-electron chi connectivity index (χ4n) is 2.88. The molecule has 29 heavy (non-hydrogen) atoms. The molecule has 4 aromatic carbocycles. The van der Waals surface area contributed by atoms with E-state index in [1.807, 2.05) is 48.5 Å². The van der Waals surface area contributed by atoms with Crippen molar-refractivity contribution >= 4 is 71.0 Å².